The Morgan fingerprint density at radius 3 is 2.64 bits per heavy atom. The summed E-state index contributed by atoms with van der Waals surface area (Å²) in [6, 6.07) is 8.08. The number of benzene rings is 1. The average Bonchev–Trinajstić information content (AvgIpc) is 2.87. The van der Waals surface area contributed by atoms with Gasteiger partial charge in [0.2, 0.25) is 5.91 Å². The Balaban J connectivity index is 1.97. The van der Waals surface area contributed by atoms with Crippen LogP contribution < -0.4 is 5.32 Å². The number of aromatic nitrogens is 1. The Bertz CT molecular complexity index is 817. The molecule has 0 bridgehead atoms. The molecule has 2 amide bonds. The summed E-state index contributed by atoms with van der Waals surface area (Å²) in [5.74, 6) is -0.0575. The highest BCUT2D eigenvalue weighted by atomic mass is 16.6. The predicted molar refractivity (Wildman–Crippen MR) is 96.4 cm³/mol. The zero-order valence-electron chi connectivity index (χ0n) is 15.3. The molecule has 0 atom stereocenters. The molecule has 6 heteroatoms. The molecule has 1 N–H and O–H groups in total. The summed E-state index contributed by atoms with van der Waals surface area (Å²) >= 11 is 0. The van der Waals surface area contributed by atoms with Crippen LogP contribution in [0.1, 0.15) is 32.0 Å². The van der Waals surface area contributed by atoms with E-state index in [0.29, 0.717) is 13.1 Å². The number of ether oxygens (including phenoxy) is 1. The lowest BCUT2D eigenvalue weighted by molar-refractivity contribution is -0.121. The minimum Gasteiger partial charge on any atom is -0.444 e. The van der Waals surface area contributed by atoms with Crippen molar-refractivity contribution in [3.05, 3.63) is 35.5 Å². The maximum absolute atomic E-state index is 12.4. The number of hydrogen-bond donors (Lipinski definition) is 1. The lowest BCUT2D eigenvalue weighted by Gasteiger charge is -2.31. The first-order valence-electron chi connectivity index (χ1n) is 8.57. The normalized spacial score (nSPS) is 14.3. The third-order valence-corrected chi connectivity index (χ3v) is 4.40. The second kappa shape index (κ2) is 6.43. The van der Waals surface area contributed by atoms with Gasteiger partial charge in [0.15, 0.2) is 0 Å². The van der Waals surface area contributed by atoms with Crippen LogP contribution in [0.5, 0.6) is 0 Å². The summed E-state index contributed by atoms with van der Waals surface area (Å²) in [6.07, 6.45) is 0.449. The first-order valence-corrected chi connectivity index (χ1v) is 8.57. The largest absolute Gasteiger partial charge is 0.444 e. The van der Waals surface area contributed by atoms with Crippen LogP contribution >= 0.6 is 0 Å². The monoisotopic (exact) mass is 343 g/mol. The van der Waals surface area contributed by atoms with Gasteiger partial charge in [0.25, 0.3) is 0 Å². The number of nitrogens with zero attached hydrogens (tertiary/aromatic N) is 2. The van der Waals surface area contributed by atoms with Crippen LogP contribution in [0, 0.1) is 0 Å². The summed E-state index contributed by atoms with van der Waals surface area (Å²) in [4.78, 5) is 26.1. The molecule has 2 heterocycles. The second-order valence-corrected chi connectivity index (χ2v) is 7.35. The van der Waals surface area contributed by atoms with E-state index in [0.717, 1.165) is 23.0 Å². The maximum Gasteiger partial charge on any atom is 0.410 e. The van der Waals surface area contributed by atoms with Gasteiger partial charge in [-0.25, -0.2) is 4.79 Å². The van der Waals surface area contributed by atoms with Crippen LogP contribution in [0.3, 0.4) is 0 Å². The Morgan fingerprint density at radius 1 is 1.24 bits per heavy atom. The van der Waals surface area contributed by atoms with Gasteiger partial charge in [-0.2, -0.15) is 0 Å². The highest BCUT2D eigenvalue weighted by Gasteiger charge is 2.29. The molecule has 0 saturated carbocycles. The van der Waals surface area contributed by atoms with Crippen molar-refractivity contribution in [2.75, 3.05) is 13.6 Å². The Kier molecular flexibility index (Phi) is 4.45. The molecule has 0 spiro atoms. The van der Waals surface area contributed by atoms with Gasteiger partial charge in [0.05, 0.1) is 6.54 Å². The van der Waals surface area contributed by atoms with Gasteiger partial charge >= 0.3 is 6.09 Å². The number of carbonyl (C=O) groups excluding carboxylic acids is 2. The van der Waals surface area contributed by atoms with E-state index in [1.807, 2.05) is 43.5 Å². The van der Waals surface area contributed by atoms with Crippen LogP contribution in [0.4, 0.5) is 4.79 Å². The smallest absolute Gasteiger partial charge is 0.410 e. The van der Waals surface area contributed by atoms with E-state index in [2.05, 4.69) is 11.4 Å². The molecule has 2 aromatic rings. The summed E-state index contributed by atoms with van der Waals surface area (Å²) in [5, 5.41) is 3.83. The van der Waals surface area contributed by atoms with E-state index in [1.165, 1.54) is 5.56 Å². The number of amides is 2. The van der Waals surface area contributed by atoms with Crippen molar-refractivity contribution >= 4 is 22.9 Å². The molecule has 0 saturated heterocycles. The highest BCUT2D eigenvalue weighted by molar-refractivity contribution is 5.88. The zero-order chi connectivity index (χ0) is 18.2. The lowest BCUT2D eigenvalue weighted by atomic mass is 10.0. The lowest BCUT2D eigenvalue weighted by Crippen LogP contribution is -2.40. The molecule has 1 aliphatic rings. The van der Waals surface area contributed by atoms with E-state index >= 15 is 0 Å². The first-order chi connectivity index (χ1) is 11.8. The molecule has 0 unspecified atom stereocenters. The van der Waals surface area contributed by atoms with Crippen molar-refractivity contribution in [3.63, 3.8) is 0 Å². The van der Waals surface area contributed by atoms with E-state index in [1.54, 1.807) is 11.9 Å². The standard InChI is InChI=1S/C19H25N3O3/c1-19(2,3)25-18(24)21-10-9-14-13-7-5-6-8-15(13)22(16(14)11-21)12-17(23)20-4/h5-8H,9-12H2,1-4H3,(H,20,23). The summed E-state index contributed by atoms with van der Waals surface area (Å²) in [7, 11) is 1.63. The molecular weight excluding hydrogens is 318 g/mol. The molecule has 0 radical (unpaired) electrons. The fourth-order valence-electron chi connectivity index (χ4n) is 3.28. The number of fused-ring (bicyclic) bond motifs is 3. The van der Waals surface area contributed by atoms with Gasteiger partial charge in [0, 0.05) is 30.2 Å². The Labute approximate surface area is 147 Å². The van der Waals surface area contributed by atoms with Crippen molar-refractivity contribution < 1.29 is 14.3 Å². The molecule has 1 aliphatic heterocycles. The summed E-state index contributed by atoms with van der Waals surface area (Å²) in [6.45, 7) is 6.91. The maximum atomic E-state index is 12.4. The summed E-state index contributed by atoms with van der Waals surface area (Å²) in [5.41, 5.74) is 2.75. The molecule has 1 aromatic carbocycles. The van der Waals surface area contributed by atoms with Crippen LogP contribution in [0.2, 0.25) is 0 Å². The van der Waals surface area contributed by atoms with Crippen LogP contribution in [-0.4, -0.2) is 40.7 Å². The van der Waals surface area contributed by atoms with Crippen molar-refractivity contribution in [3.8, 4) is 0 Å². The molecule has 134 valence electrons. The number of nitrogens with one attached hydrogen (secondary N) is 1. The van der Waals surface area contributed by atoms with Crippen molar-refractivity contribution in [1.29, 1.82) is 0 Å². The highest BCUT2D eigenvalue weighted by Crippen LogP contribution is 2.31. The first kappa shape index (κ1) is 17.3. The van der Waals surface area contributed by atoms with Crippen molar-refractivity contribution in [2.45, 2.75) is 45.9 Å². The minimum absolute atomic E-state index is 0.0575. The van der Waals surface area contributed by atoms with Gasteiger partial charge in [-0.15, -0.1) is 0 Å². The average molecular weight is 343 g/mol. The molecular formula is C19H25N3O3. The molecule has 25 heavy (non-hydrogen) atoms. The van der Waals surface area contributed by atoms with Crippen LogP contribution in [-0.2, 0) is 29.0 Å². The number of likely N-dealkylation sites (N-methyl/N-ethyl adjacent to an activating group) is 1. The van der Waals surface area contributed by atoms with Crippen LogP contribution in [0.15, 0.2) is 24.3 Å². The van der Waals surface area contributed by atoms with E-state index < -0.39 is 5.60 Å². The van der Waals surface area contributed by atoms with Gasteiger partial charge in [-0.05, 0) is 38.8 Å². The fourth-order valence-corrected chi connectivity index (χ4v) is 3.28. The van der Waals surface area contributed by atoms with E-state index in [4.69, 9.17) is 4.74 Å². The molecule has 6 nitrogen and oxygen atoms in total. The van der Waals surface area contributed by atoms with E-state index in [9.17, 15) is 9.59 Å². The quantitative estimate of drug-likeness (QED) is 0.912. The van der Waals surface area contributed by atoms with Gasteiger partial charge < -0.3 is 19.5 Å². The second-order valence-electron chi connectivity index (χ2n) is 7.35. The molecule has 0 aliphatic carbocycles. The Morgan fingerprint density at radius 2 is 1.96 bits per heavy atom. The fraction of sp³-hybridized carbons (Fsp3) is 0.474. The zero-order valence-corrected chi connectivity index (χ0v) is 15.3. The topological polar surface area (TPSA) is 63.6 Å². The number of para-hydroxylation sites is 1. The van der Waals surface area contributed by atoms with Gasteiger partial charge in [0.1, 0.15) is 12.1 Å². The van der Waals surface area contributed by atoms with E-state index in [-0.39, 0.29) is 18.5 Å². The SMILES string of the molecule is CNC(=O)Cn1c2c(c3ccccc31)CCN(C(=O)OC(C)(C)C)C2. The van der Waals surface area contributed by atoms with Crippen LogP contribution in [0.25, 0.3) is 10.9 Å². The number of rotatable bonds is 2. The molecule has 0 fully saturated rings. The predicted octanol–water partition coefficient (Wildman–Crippen LogP) is 2.68. The third kappa shape index (κ3) is 3.48. The number of hydrogen-bond acceptors (Lipinski definition) is 3. The third-order valence-electron chi connectivity index (χ3n) is 4.40. The van der Waals surface area contributed by atoms with Gasteiger partial charge in [-0.1, -0.05) is 18.2 Å². The van der Waals surface area contributed by atoms with Crippen molar-refractivity contribution in [2.24, 2.45) is 0 Å². The molecule has 1 aromatic heterocycles. The molecule has 3 rings (SSSR count). The Hall–Kier alpha value is -2.50. The van der Waals surface area contributed by atoms with Crippen molar-refractivity contribution in [1.82, 2.24) is 14.8 Å². The van der Waals surface area contributed by atoms with Gasteiger partial charge in [-0.3, -0.25) is 4.79 Å². The number of carbonyl (C=O) groups is 2. The minimum atomic E-state index is -0.522. The summed E-state index contributed by atoms with van der Waals surface area (Å²) < 4.78 is 7.52.